The number of benzene rings is 1. The van der Waals surface area contributed by atoms with Crippen LogP contribution in [0.15, 0.2) is 29.3 Å². The molecule has 29 heavy (non-hydrogen) atoms. The zero-order valence-corrected chi connectivity index (χ0v) is 18.1. The molecule has 0 radical (unpaired) electrons. The van der Waals surface area contributed by atoms with Gasteiger partial charge in [0, 0.05) is 0 Å². The highest BCUT2D eigenvalue weighted by atomic mass is 32.2. The maximum Gasteiger partial charge on any atom is 0.420 e. The quantitative estimate of drug-likeness (QED) is 0.423. The molecule has 1 aromatic carbocycles. The highest BCUT2D eigenvalue weighted by molar-refractivity contribution is 8.01. The molecule has 0 unspecified atom stereocenters. The van der Waals surface area contributed by atoms with Crippen molar-refractivity contribution in [3.63, 3.8) is 0 Å². The molecular weight excluding hydrogens is 402 g/mol. The molecule has 0 saturated heterocycles. The number of aliphatic imine (C=N–C) groups is 1. The van der Waals surface area contributed by atoms with Gasteiger partial charge < -0.3 is 15.2 Å². The molecule has 0 fully saturated rings. The van der Waals surface area contributed by atoms with Crippen LogP contribution in [-0.4, -0.2) is 46.4 Å². The standard InChI is InChI=1S/C18H27N3O7S/c1-17(2,3)27-15(22)21(16(23)28-18(4,5)6)11-12-8-7-9-13(10-12)20-14(19)29(24,25)26/h7-10H,11H2,1-6H3,(H2,19,20)(H,24,25,26). The molecule has 0 aliphatic rings. The summed E-state index contributed by atoms with van der Waals surface area (Å²) in [5.74, 6) is 0. The van der Waals surface area contributed by atoms with Crippen LogP contribution in [0.2, 0.25) is 0 Å². The summed E-state index contributed by atoms with van der Waals surface area (Å²) in [4.78, 5) is 29.5. The Morgan fingerprint density at radius 2 is 1.55 bits per heavy atom. The number of hydrogen-bond donors (Lipinski definition) is 2. The van der Waals surface area contributed by atoms with Crippen LogP contribution >= 0.6 is 0 Å². The lowest BCUT2D eigenvalue weighted by Gasteiger charge is -2.28. The predicted molar refractivity (Wildman–Crippen MR) is 107 cm³/mol. The molecule has 1 rings (SSSR count). The SMILES string of the molecule is CC(C)(C)OC(=O)N(Cc1cccc(N=C(N)S(=O)(=O)O)c1)C(=O)OC(C)(C)C. The van der Waals surface area contributed by atoms with E-state index in [2.05, 4.69) is 4.99 Å². The van der Waals surface area contributed by atoms with Crippen molar-refractivity contribution in [1.29, 1.82) is 0 Å². The van der Waals surface area contributed by atoms with E-state index in [0.29, 0.717) is 5.56 Å². The molecule has 0 atom stereocenters. The second-order valence-corrected chi connectivity index (χ2v) is 9.51. The lowest BCUT2D eigenvalue weighted by molar-refractivity contribution is -0.000255. The third-order valence-corrected chi connectivity index (χ3v) is 3.60. The van der Waals surface area contributed by atoms with E-state index in [1.54, 1.807) is 47.6 Å². The lowest BCUT2D eigenvalue weighted by atomic mass is 10.2. The third kappa shape index (κ3) is 8.92. The summed E-state index contributed by atoms with van der Waals surface area (Å²) in [5, 5.41) is -0.981. The zero-order chi connectivity index (χ0) is 22.6. The molecule has 11 heteroatoms. The van der Waals surface area contributed by atoms with E-state index in [9.17, 15) is 18.0 Å². The zero-order valence-electron chi connectivity index (χ0n) is 17.3. The molecule has 3 N–H and O–H groups in total. The number of carbonyl (C=O) groups excluding carboxylic acids is 2. The van der Waals surface area contributed by atoms with Gasteiger partial charge in [-0.15, -0.1) is 0 Å². The van der Waals surface area contributed by atoms with Crippen LogP contribution in [0.25, 0.3) is 0 Å². The van der Waals surface area contributed by atoms with E-state index in [1.807, 2.05) is 0 Å². The fourth-order valence-corrected chi connectivity index (χ4v) is 2.15. The van der Waals surface area contributed by atoms with Gasteiger partial charge in [-0.1, -0.05) is 12.1 Å². The molecule has 162 valence electrons. The fourth-order valence-electron chi connectivity index (χ4n) is 1.93. The van der Waals surface area contributed by atoms with Gasteiger partial charge in [-0.05, 0) is 59.2 Å². The predicted octanol–water partition coefficient (Wildman–Crippen LogP) is 3.19. The number of ether oxygens (including phenoxy) is 2. The number of carbonyl (C=O) groups is 2. The minimum Gasteiger partial charge on any atom is -0.443 e. The summed E-state index contributed by atoms with van der Waals surface area (Å²) in [6, 6.07) is 5.95. The molecule has 10 nitrogen and oxygen atoms in total. The molecule has 0 heterocycles. The molecule has 0 aliphatic heterocycles. The van der Waals surface area contributed by atoms with Crippen molar-refractivity contribution >= 4 is 33.2 Å². The third-order valence-electron chi connectivity index (χ3n) is 2.98. The van der Waals surface area contributed by atoms with E-state index < -0.39 is 38.7 Å². The monoisotopic (exact) mass is 429 g/mol. The maximum atomic E-state index is 12.5. The van der Waals surface area contributed by atoms with Crippen LogP contribution in [0.1, 0.15) is 47.1 Å². The Hall–Kier alpha value is -2.66. The Bertz CT molecular complexity index is 869. The molecule has 0 spiro atoms. The maximum absolute atomic E-state index is 12.5. The first kappa shape index (κ1) is 24.4. The van der Waals surface area contributed by atoms with Crippen molar-refractivity contribution in [2.24, 2.45) is 10.7 Å². The number of hydrogen-bond acceptors (Lipinski definition) is 7. The van der Waals surface area contributed by atoms with Gasteiger partial charge in [-0.3, -0.25) is 4.55 Å². The van der Waals surface area contributed by atoms with Gasteiger partial charge >= 0.3 is 22.3 Å². The van der Waals surface area contributed by atoms with Gasteiger partial charge in [-0.2, -0.15) is 8.42 Å². The van der Waals surface area contributed by atoms with E-state index in [4.69, 9.17) is 19.8 Å². The average Bonchev–Trinajstić information content (AvgIpc) is 2.48. The van der Waals surface area contributed by atoms with Crippen molar-refractivity contribution < 1.29 is 32.0 Å². The molecular formula is C18H27N3O7S. The molecule has 0 aliphatic carbocycles. The smallest absolute Gasteiger partial charge is 0.420 e. The first-order valence-electron chi connectivity index (χ1n) is 8.62. The second-order valence-electron chi connectivity index (χ2n) is 8.14. The van der Waals surface area contributed by atoms with Gasteiger partial charge in [0.2, 0.25) is 5.17 Å². The van der Waals surface area contributed by atoms with Crippen LogP contribution in [0.5, 0.6) is 0 Å². The number of imide groups is 1. The Kier molecular flexibility index (Phi) is 7.38. The van der Waals surface area contributed by atoms with Crippen LogP contribution < -0.4 is 5.73 Å². The van der Waals surface area contributed by atoms with Crippen molar-refractivity contribution in [1.82, 2.24) is 4.90 Å². The van der Waals surface area contributed by atoms with Crippen molar-refractivity contribution in [3.8, 4) is 0 Å². The van der Waals surface area contributed by atoms with E-state index in [1.165, 1.54) is 18.2 Å². The molecule has 0 bridgehead atoms. The summed E-state index contributed by atoms with van der Waals surface area (Å²) in [6.45, 7) is 9.73. The summed E-state index contributed by atoms with van der Waals surface area (Å²) in [5.41, 5.74) is 4.07. The topological polar surface area (TPSA) is 149 Å². The van der Waals surface area contributed by atoms with Crippen LogP contribution in [-0.2, 0) is 26.1 Å². The molecule has 0 aromatic heterocycles. The summed E-state index contributed by atoms with van der Waals surface area (Å²) >= 11 is 0. The number of rotatable bonds is 3. The lowest BCUT2D eigenvalue weighted by Crippen LogP contribution is -2.43. The van der Waals surface area contributed by atoms with E-state index >= 15 is 0 Å². The van der Waals surface area contributed by atoms with E-state index in [0.717, 1.165) is 4.90 Å². The van der Waals surface area contributed by atoms with Crippen molar-refractivity contribution in [2.45, 2.75) is 59.3 Å². The van der Waals surface area contributed by atoms with Gasteiger partial charge in [0.15, 0.2) is 0 Å². The Balaban J connectivity index is 3.21. The fraction of sp³-hybridized carbons (Fsp3) is 0.500. The molecule has 1 aromatic rings. The van der Waals surface area contributed by atoms with Gasteiger partial charge in [-0.25, -0.2) is 19.5 Å². The summed E-state index contributed by atoms with van der Waals surface area (Å²) in [7, 11) is -4.64. The molecule has 0 saturated carbocycles. The molecule has 2 amide bonds. The largest absolute Gasteiger partial charge is 0.443 e. The summed E-state index contributed by atoms with van der Waals surface area (Å²) in [6.07, 6.45) is -1.81. The Morgan fingerprint density at radius 3 is 1.97 bits per heavy atom. The van der Waals surface area contributed by atoms with Crippen molar-refractivity contribution in [2.75, 3.05) is 0 Å². The second kappa shape index (κ2) is 8.78. The highest BCUT2D eigenvalue weighted by Crippen LogP contribution is 2.20. The van der Waals surface area contributed by atoms with Gasteiger partial charge in [0.25, 0.3) is 0 Å². The Morgan fingerprint density at radius 1 is 1.07 bits per heavy atom. The van der Waals surface area contributed by atoms with Gasteiger partial charge in [0.05, 0.1) is 12.2 Å². The average molecular weight is 429 g/mol. The number of nitrogens with two attached hydrogens (primary N) is 1. The number of amides is 2. The van der Waals surface area contributed by atoms with Gasteiger partial charge in [0.1, 0.15) is 11.2 Å². The minimum absolute atomic E-state index is 0.103. The van der Waals surface area contributed by atoms with Crippen LogP contribution in [0.4, 0.5) is 15.3 Å². The normalized spacial score (nSPS) is 13.0. The minimum atomic E-state index is -4.64. The van der Waals surface area contributed by atoms with Crippen molar-refractivity contribution in [3.05, 3.63) is 29.8 Å². The Labute approximate surface area is 170 Å². The van der Waals surface area contributed by atoms with Crippen LogP contribution in [0, 0.1) is 0 Å². The highest BCUT2D eigenvalue weighted by Gasteiger charge is 2.31. The van der Waals surface area contributed by atoms with E-state index in [-0.39, 0.29) is 12.2 Å². The first-order valence-corrected chi connectivity index (χ1v) is 10.1. The summed E-state index contributed by atoms with van der Waals surface area (Å²) < 4.78 is 41.5. The number of nitrogens with zero attached hydrogens (tertiary/aromatic N) is 2. The van der Waals surface area contributed by atoms with Crippen LogP contribution in [0.3, 0.4) is 0 Å². The number of amidine groups is 1. The first-order chi connectivity index (χ1) is 13.0.